The van der Waals surface area contributed by atoms with E-state index in [0.717, 1.165) is 86.1 Å². The lowest BCUT2D eigenvalue weighted by Crippen LogP contribution is -2.18. The zero-order chi connectivity index (χ0) is 29.4. The number of hydrogen-bond donors (Lipinski definition) is 0. The molecule has 0 aliphatic heterocycles. The SMILES string of the molecule is CCCc1c(CCC)c(CCC)c2cc3c(CCC)c(C(=O)OC)c(C(=O)OC)c(CCC)c3cc2c1CCC. The van der Waals surface area contributed by atoms with Crippen molar-refractivity contribution in [2.45, 2.75) is 119 Å². The van der Waals surface area contributed by atoms with Gasteiger partial charge in [0.25, 0.3) is 0 Å². The van der Waals surface area contributed by atoms with Crippen LogP contribution >= 0.6 is 0 Å². The Labute approximate surface area is 241 Å². The van der Waals surface area contributed by atoms with E-state index in [1.807, 2.05) is 0 Å². The zero-order valence-electron chi connectivity index (χ0n) is 26.3. The predicted molar refractivity (Wildman–Crippen MR) is 168 cm³/mol. The van der Waals surface area contributed by atoms with E-state index in [1.54, 1.807) is 11.1 Å². The van der Waals surface area contributed by atoms with Crippen LogP contribution in [0.4, 0.5) is 0 Å². The minimum atomic E-state index is -0.464. The smallest absolute Gasteiger partial charge is 0.339 e. The number of hydrogen-bond acceptors (Lipinski definition) is 4. The molecule has 0 amide bonds. The molecule has 4 nitrogen and oxygen atoms in total. The van der Waals surface area contributed by atoms with E-state index in [2.05, 4.69) is 53.7 Å². The molecular formula is C36H50O4. The first-order chi connectivity index (χ1) is 19.4. The fourth-order valence-corrected chi connectivity index (χ4v) is 6.71. The van der Waals surface area contributed by atoms with E-state index in [-0.39, 0.29) is 0 Å². The van der Waals surface area contributed by atoms with Crippen LogP contribution in [0.25, 0.3) is 21.5 Å². The number of esters is 2. The van der Waals surface area contributed by atoms with E-state index in [4.69, 9.17) is 9.47 Å². The number of fused-ring (bicyclic) bond motifs is 2. The first kappa shape index (κ1) is 31.6. The maximum atomic E-state index is 13.3. The summed E-state index contributed by atoms with van der Waals surface area (Å²) in [5, 5.41) is 4.80. The summed E-state index contributed by atoms with van der Waals surface area (Å²) >= 11 is 0. The number of ether oxygens (including phenoxy) is 2. The third-order valence-electron chi connectivity index (χ3n) is 8.18. The Bertz CT molecular complexity index is 1260. The van der Waals surface area contributed by atoms with E-state index < -0.39 is 11.9 Å². The normalized spacial score (nSPS) is 11.4. The predicted octanol–water partition coefficient (Wildman–Crippen LogP) is 9.28. The Morgan fingerprint density at radius 2 is 0.700 bits per heavy atom. The van der Waals surface area contributed by atoms with Crippen LogP contribution in [0.5, 0.6) is 0 Å². The van der Waals surface area contributed by atoms with E-state index >= 15 is 0 Å². The number of carbonyl (C=O) groups is 2. The Kier molecular flexibility index (Phi) is 11.6. The summed E-state index contributed by atoms with van der Waals surface area (Å²) in [7, 11) is 2.79. The Morgan fingerprint density at radius 1 is 0.450 bits per heavy atom. The molecule has 0 spiro atoms. The van der Waals surface area contributed by atoms with Gasteiger partial charge in [-0.3, -0.25) is 0 Å². The van der Waals surface area contributed by atoms with Gasteiger partial charge >= 0.3 is 11.9 Å². The summed E-state index contributed by atoms with van der Waals surface area (Å²) in [6.45, 7) is 13.3. The molecule has 3 rings (SSSR count). The maximum Gasteiger partial charge on any atom is 0.339 e. The van der Waals surface area contributed by atoms with Crippen molar-refractivity contribution in [1.82, 2.24) is 0 Å². The number of methoxy groups -OCH3 is 2. The minimum Gasteiger partial charge on any atom is -0.465 e. The van der Waals surface area contributed by atoms with Crippen molar-refractivity contribution in [3.05, 3.63) is 56.6 Å². The summed E-state index contributed by atoms with van der Waals surface area (Å²) in [6, 6.07) is 4.72. The highest BCUT2D eigenvalue weighted by molar-refractivity contribution is 6.14. The average molecular weight is 547 g/mol. The van der Waals surface area contributed by atoms with Gasteiger partial charge in [-0.25, -0.2) is 9.59 Å². The second-order valence-electron chi connectivity index (χ2n) is 11.0. The Hall–Kier alpha value is -2.88. The van der Waals surface area contributed by atoms with E-state index in [1.165, 1.54) is 36.1 Å². The molecule has 0 aliphatic carbocycles. The maximum absolute atomic E-state index is 13.3. The Morgan fingerprint density at radius 3 is 0.975 bits per heavy atom. The van der Waals surface area contributed by atoms with Gasteiger partial charge in [0.1, 0.15) is 0 Å². The van der Waals surface area contributed by atoms with Crippen LogP contribution in [0.3, 0.4) is 0 Å². The molecule has 0 aliphatic rings. The molecule has 0 heterocycles. The van der Waals surface area contributed by atoms with Crippen molar-refractivity contribution in [2.75, 3.05) is 14.2 Å². The third kappa shape index (κ3) is 5.92. The van der Waals surface area contributed by atoms with E-state index in [0.29, 0.717) is 24.0 Å². The molecule has 0 saturated carbocycles. The van der Waals surface area contributed by atoms with Crippen LogP contribution in [-0.4, -0.2) is 26.2 Å². The van der Waals surface area contributed by atoms with Crippen LogP contribution in [0, 0.1) is 0 Å². The topological polar surface area (TPSA) is 52.6 Å². The summed E-state index contributed by atoms with van der Waals surface area (Å²) in [5.41, 5.74) is 8.61. The molecule has 218 valence electrons. The first-order valence-corrected chi connectivity index (χ1v) is 15.7. The fraction of sp³-hybridized carbons (Fsp3) is 0.556. The highest BCUT2D eigenvalue weighted by Gasteiger charge is 2.30. The lowest BCUT2D eigenvalue weighted by Gasteiger charge is -2.25. The van der Waals surface area contributed by atoms with Crippen molar-refractivity contribution in [1.29, 1.82) is 0 Å². The third-order valence-corrected chi connectivity index (χ3v) is 8.18. The van der Waals surface area contributed by atoms with Gasteiger partial charge in [-0.1, -0.05) is 80.1 Å². The minimum absolute atomic E-state index is 0.383. The van der Waals surface area contributed by atoms with E-state index in [9.17, 15) is 9.59 Å². The van der Waals surface area contributed by atoms with Crippen molar-refractivity contribution < 1.29 is 19.1 Å². The molecule has 0 fully saturated rings. The molecule has 0 N–H and O–H groups in total. The molecule has 0 unspecified atom stereocenters. The van der Waals surface area contributed by atoms with Gasteiger partial charge in [-0.05, 0) is 106 Å². The summed E-state index contributed by atoms with van der Waals surface area (Å²) in [5.74, 6) is -0.928. The molecule has 0 saturated heterocycles. The molecule has 0 bridgehead atoms. The molecule has 4 heteroatoms. The van der Waals surface area contributed by atoms with Crippen molar-refractivity contribution in [2.24, 2.45) is 0 Å². The standard InChI is InChI=1S/C36H50O4/c1-9-15-23-24(16-10-2)26(18-12-4)30-22-32-28(20-14-6)34(36(38)40-8)33(35(37)39-7)27(19-13-5)31(32)21-29(30)25(23)17-11-3/h21-22H,9-20H2,1-8H3. The number of benzene rings is 3. The van der Waals surface area contributed by atoms with Crippen LogP contribution < -0.4 is 0 Å². The van der Waals surface area contributed by atoms with Gasteiger partial charge in [0.15, 0.2) is 0 Å². The molecule has 40 heavy (non-hydrogen) atoms. The Balaban J connectivity index is 2.74. The second kappa shape index (κ2) is 14.7. The lowest BCUT2D eigenvalue weighted by molar-refractivity contribution is 0.0553. The second-order valence-corrected chi connectivity index (χ2v) is 11.0. The molecule has 3 aromatic rings. The number of rotatable bonds is 14. The average Bonchev–Trinajstić information content (AvgIpc) is 2.96. The summed E-state index contributed by atoms with van der Waals surface area (Å²) in [6.07, 6.45) is 11.7. The summed E-state index contributed by atoms with van der Waals surface area (Å²) in [4.78, 5) is 26.7. The highest BCUT2D eigenvalue weighted by Crippen LogP contribution is 2.41. The first-order valence-electron chi connectivity index (χ1n) is 15.7. The van der Waals surface area contributed by atoms with Crippen LogP contribution in [0.15, 0.2) is 12.1 Å². The van der Waals surface area contributed by atoms with Gasteiger partial charge in [0.2, 0.25) is 0 Å². The number of aryl methyl sites for hydroxylation is 4. The number of carbonyl (C=O) groups excluding carboxylic acids is 2. The summed E-state index contributed by atoms with van der Waals surface area (Å²) < 4.78 is 10.6. The molecule has 0 atom stereocenters. The largest absolute Gasteiger partial charge is 0.465 e. The van der Waals surface area contributed by atoms with Crippen LogP contribution in [-0.2, 0) is 48.0 Å². The van der Waals surface area contributed by atoms with Gasteiger partial charge in [-0.15, -0.1) is 0 Å². The van der Waals surface area contributed by atoms with Gasteiger partial charge in [-0.2, -0.15) is 0 Å². The molecule has 0 radical (unpaired) electrons. The van der Waals surface area contributed by atoms with Gasteiger partial charge in [0.05, 0.1) is 25.3 Å². The van der Waals surface area contributed by atoms with Crippen LogP contribution in [0.1, 0.15) is 134 Å². The van der Waals surface area contributed by atoms with Gasteiger partial charge < -0.3 is 9.47 Å². The molecule has 0 aromatic heterocycles. The van der Waals surface area contributed by atoms with Crippen molar-refractivity contribution in [3.63, 3.8) is 0 Å². The van der Waals surface area contributed by atoms with Crippen molar-refractivity contribution in [3.8, 4) is 0 Å². The van der Waals surface area contributed by atoms with Crippen molar-refractivity contribution >= 4 is 33.5 Å². The van der Waals surface area contributed by atoms with Crippen LogP contribution in [0.2, 0.25) is 0 Å². The molecule has 3 aromatic carbocycles. The highest BCUT2D eigenvalue weighted by atomic mass is 16.5. The monoisotopic (exact) mass is 546 g/mol. The lowest BCUT2D eigenvalue weighted by atomic mass is 9.79. The quantitative estimate of drug-likeness (QED) is 0.149. The molecular weight excluding hydrogens is 496 g/mol. The zero-order valence-corrected chi connectivity index (χ0v) is 26.3. The fourth-order valence-electron chi connectivity index (χ4n) is 6.71. The van der Waals surface area contributed by atoms with Gasteiger partial charge in [0, 0.05) is 0 Å².